The Morgan fingerprint density at radius 3 is 2.26 bits per heavy atom. The number of nitrogens with one attached hydrogen (secondary N) is 1. The van der Waals surface area contributed by atoms with E-state index in [1.807, 2.05) is 34.9 Å². The maximum absolute atomic E-state index is 12.6. The molecule has 10 nitrogen and oxygen atoms in total. The lowest BCUT2D eigenvalue weighted by Crippen LogP contribution is -2.30. The van der Waals surface area contributed by atoms with E-state index in [1.165, 1.54) is 11.3 Å². The van der Waals surface area contributed by atoms with Crippen LogP contribution < -0.4 is 10.5 Å². The van der Waals surface area contributed by atoms with Crippen molar-refractivity contribution in [3.63, 3.8) is 0 Å². The topological polar surface area (TPSA) is 130 Å². The Morgan fingerprint density at radius 2 is 1.56 bits per heavy atom. The molecule has 0 fully saturated rings. The number of carbonyl (C=O) groups is 2. The summed E-state index contributed by atoms with van der Waals surface area (Å²) in [6.45, 7) is 0.439. The molecular formula is C28H21N5O5S. The minimum atomic E-state index is -0.523. The molecule has 3 aromatic carbocycles. The minimum Gasteiger partial charge on any atom is -0.508 e. The van der Waals surface area contributed by atoms with Crippen LogP contribution in [-0.4, -0.2) is 43.1 Å². The van der Waals surface area contributed by atoms with Crippen LogP contribution in [0.25, 0.3) is 21.6 Å². The number of hydrogen-bond acceptors (Lipinski definition) is 8. The maximum atomic E-state index is 12.6. The van der Waals surface area contributed by atoms with Gasteiger partial charge in [-0.3, -0.25) is 14.4 Å². The van der Waals surface area contributed by atoms with E-state index in [0.29, 0.717) is 45.8 Å². The Bertz CT molecular complexity index is 1810. The summed E-state index contributed by atoms with van der Waals surface area (Å²) in [4.78, 5) is 55.8. The third kappa shape index (κ3) is 4.65. The van der Waals surface area contributed by atoms with Gasteiger partial charge in [0.1, 0.15) is 5.75 Å². The van der Waals surface area contributed by atoms with Crippen molar-refractivity contribution in [1.29, 1.82) is 0 Å². The third-order valence-electron chi connectivity index (χ3n) is 6.19. The molecule has 39 heavy (non-hydrogen) atoms. The number of amides is 2. The molecule has 0 unspecified atom stereocenters. The van der Waals surface area contributed by atoms with Gasteiger partial charge in [-0.2, -0.15) is 4.98 Å². The van der Waals surface area contributed by atoms with Gasteiger partial charge in [0.25, 0.3) is 11.8 Å². The number of H-pyrrole nitrogens is 1. The summed E-state index contributed by atoms with van der Waals surface area (Å²) < 4.78 is 2.55. The maximum Gasteiger partial charge on any atom is 0.347 e. The number of fused-ring (bicyclic) bond motifs is 2. The molecular weight excluding hydrogens is 518 g/mol. The zero-order valence-electron chi connectivity index (χ0n) is 20.4. The Balaban J connectivity index is 1.33. The number of aromatic nitrogens is 3. The van der Waals surface area contributed by atoms with Crippen molar-refractivity contribution in [2.24, 2.45) is 4.99 Å². The van der Waals surface area contributed by atoms with Crippen molar-refractivity contribution in [3.05, 3.63) is 105 Å². The number of aromatic amines is 1. The molecule has 0 saturated heterocycles. The number of para-hydroxylation sites is 1. The largest absolute Gasteiger partial charge is 0.508 e. The van der Waals surface area contributed by atoms with Crippen molar-refractivity contribution in [3.8, 4) is 17.0 Å². The minimum absolute atomic E-state index is 0.0780. The van der Waals surface area contributed by atoms with Crippen LogP contribution >= 0.6 is 11.3 Å². The highest BCUT2D eigenvalue weighted by Gasteiger charge is 2.36. The smallest absolute Gasteiger partial charge is 0.347 e. The SMILES string of the molecule is O=C1c2ccccc2C(=O)N1OCCCn1c(=Nc2ccccc2)sc2c(-c3ccc(O)cc3)[nH]c(=O)nc21. The third-order valence-corrected chi connectivity index (χ3v) is 7.27. The normalized spacial score (nSPS) is 13.4. The number of aryl methyl sites for hydroxylation is 1. The average Bonchev–Trinajstić information content (AvgIpc) is 3.41. The zero-order chi connectivity index (χ0) is 26.9. The molecule has 0 radical (unpaired) electrons. The molecule has 11 heteroatoms. The lowest BCUT2D eigenvalue weighted by molar-refractivity contribution is -0.0925. The first kappa shape index (κ1) is 24.5. The van der Waals surface area contributed by atoms with Crippen molar-refractivity contribution in [1.82, 2.24) is 19.6 Å². The molecule has 5 aromatic rings. The van der Waals surface area contributed by atoms with Crippen molar-refractivity contribution < 1.29 is 19.5 Å². The number of rotatable bonds is 7. The first-order chi connectivity index (χ1) is 19.0. The van der Waals surface area contributed by atoms with Crippen molar-refractivity contribution in [2.45, 2.75) is 13.0 Å². The highest BCUT2D eigenvalue weighted by atomic mass is 32.1. The van der Waals surface area contributed by atoms with E-state index >= 15 is 0 Å². The fourth-order valence-electron chi connectivity index (χ4n) is 4.36. The van der Waals surface area contributed by atoms with Crippen molar-refractivity contribution in [2.75, 3.05) is 6.61 Å². The van der Waals surface area contributed by atoms with Crippen LogP contribution in [0.4, 0.5) is 5.69 Å². The van der Waals surface area contributed by atoms with Gasteiger partial charge in [-0.05, 0) is 60.5 Å². The van der Waals surface area contributed by atoms with E-state index in [4.69, 9.17) is 9.83 Å². The van der Waals surface area contributed by atoms with E-state index in [0.717, 1.165) is 15.5 Å². The predicted octanol–water partition coefficient (Wildman–Crippen LogP) is 4.01. The number of nitrogens with zero attached hydrogens (tertiary/aromatic N) is 4. The summed E-state index contributed by atoms with van der Waals surface area (Å²) in [5.41, 5.74) is 2.57. The Morgan fingerprint density at radius 1 is 0.897 bits per heavy atom. The van der Waals surface area contributed by atoms with Gasteiger partial charge in [0.2, 0.25) is 0 Å². The van der Waals surface area contributed by atoms with E-state index < -0.39 is 17.5 Å². The van der Waals surface area contributed by atoms with Crippen LogP contribution in [0.15, 0.2) is 88.6 Å². The highest BCUT2D eigenvalue weighted by molar-refractivity contribution is 7.16. The summed E-state index contributed by atoms with van der Waals surface area (Å²) in [5.74, 6) is -0.864. The monoisotopic (exact) mass is 539 g/mol. The van der Waals surface area contributed by atoms with Gasteiger partial charge in [0, 0.05) is 6.54 Å². The van der Waals surface area contributed by atoms with E-state index in [2.05, 4.69) is 9.97 Å². The Labute approximate surface area is 225 Å². The average molecular weight is 540 g/mol. The van der Waals surface area contributed by atoms with Crippen molar-refractivity contribution >= 4 is 39.2 Å². The second-order valence-corrected chi connectivity index (χ2v) is 9.71. The molecule has 0 bridgehead atoms. The van der Waals surface area contributed by atoms with Gasteiger partial charge in [-0.25, -0.2) is 9.79 Å². The van der Waals surface area contributed by atoms with Crippen LogP contribution in [-0.2, 0) is 11.4 Å². The van der Waals surface area contributed by atoms with Gasteiger partial charge < -0.3 is 14.7 Å². The Hall–Kier alpha value is -4.87. The quantitative estimate of drug-likeness (QED) is 0.237. The molecule has 2 N–H and O–H groups in total. The molecule has 0 aliphatic carbocycles. The number of hydrogen-bond donors (Lipinski definition) is 2. The lowest BCUT2D eigenvalue weighted by atomic mass is 10.1. The van der Waals surface area contributed by atoms with E-state index in [1.54, 1.807) is 48.5 Å². The number of hydroxylamine groups is 2. The fourth-order valence-corrected chi connectivity index (χ4v) is 5.50. The molecule has 0 saturated carbocycles. The highest BCUT2D eigenvalue weighted by Crippen LogP contribution is 2.29. The first-order valence-corrected chi connectivity index (χ1v) is 12.9. The summed E-state index contributed by atoms with van der Waals surface area (Å²) in [6, 6.07) is 22.5. The summed E-state index contributed by atoms with van der Waals surface area (Å²) in [7, 11) is 0. The van der Waals surface area contributed by atoms with Gasteiger partial charge in [0.15, 0.2) is 10.4 Å². The molecule has 3 heterocycles. The molecule has 194 valence electrons. The number of carbonyl (C=O) groups excluding carboxylic acids is 2. The molecule has 2 aromatic heterocycles. The van der Waals surface area contributed by atoms with Crippen LogP contribution in [0, 0.1) is 0 Å². The second kappa shape index (κ2) is 10.1. The molecule has 0 spiro atoms. The molecule has 1 aliphatic rings. The molecule has 6 rings (SSSR count). The lowest BCUT2D eigenvalue weighted by Gasteiger charge is -2.13. The van der Waals surface area contributed by atoms with Crippen LogP contribution in [0.5, 0.6) is 5.75 Å². The van der Waals surface area contributed by atoms with Gasteiger partial charge in [-0.15, -0.1) is 5.06 Å². The molecule has 2 amide bonds. The van der Waals surface area contributed by atoms with Crippen LogP contribution in [0.1, 0.15) is 27.1 Å². The van der Waals surface area contributed by atoms with Crippen LogP contribution in [0.2, 0.25) is 0 Å². The number of phenols is 1. The number of imide groups is 1. The summed E-state index contributed by atoms with van der Waals surface area (Å²) in [5, 5.41) is 10.5. The van der Waals surface area contributed by atoms with E-state index in [-0.39, 0.29) is 12.4 Å². The van der Waals surface area contributed by atoms with Gasteiger partial charge in [0.05, 0.1) is 33.8 Å². The van der Waals surface area contributed by atoms with Gasteiger partial charge >= 0.3 is 5.69 Å². The number of benzene rings is 3. The standard InChI is InChI=1S/C28H21N5O5S/c34-19-13-11-17(12-14-19)22-23-24(31-27(37)30-22)32(28(39-23)29-18-7-2-1-3-8-18)15-6-16-38-33-25(35)20-9-4-5-10-21(20)26(33)36/h1-5,7-14,34H,6,15-16H2,(H,30,31,37). The molecule has 0 atom stereocenters. The van der Waals surface area contributed by atoms with E-state index in [9.17, 15) is 19.5 Å². The number of phenolic OH excluding ortho intramolecular Hbond substituents is 1. The number of aromatic hydroxyl groups is 1. The predicted molar refractivity (Wildman–Crippen MR) is 145 cm³/mol. The Kier molecular flexibility index (Phi) is 6.35. The van der Waals surface area contributed by atoms with Gasteiger partial charge in [-0.1, -0.05) is 41.7 Å². The fraction of sp³-hybridized carbons (Fsp3) is 0.107. The summed E-state index contributed by atoms with van der Waals surface area (Å²) >= 11 is 1.37. The second-order valence-electron chi connectivity index (χ2n) is 8.74. The molecule has 1 aliphatic heterocycles. The number of thiazole rings is 1. The zero-order valence-corrected chi connectivity index (χ0v) is 21.2. The first-order valence-electron chi connectivity index (χ1n) is 12.1. The van der Waals surface area contributed by atoms with Crippen LogP contribution in [0.3, 0.4) is 0 Å². The summed E-state index contributed by atoms with van der Waals surface area (Å²) in [6.07, 6.45) is 0.407.